The van der Waals surface area contributed by atoms with E-state index in [2.05, 4.69) is 23.6 Å². The summed E-state index contributed by atoms with van der Waals surface area (Å²) in [5.74, 6) is 1.17. The second-order valence-corrected chi connectivity index (χ2v) is 6.73. The lowest BCUT2D eigenvalue weighted by atomic mass is 9.94. The summed E-state index contributed by atoms with van der Waals surface area (Å²) in [5, 5.41) is 0. The second kappa shape index (κ2) is 5.92. The molecule has 4 heteroatoms. The van der Waals surface area contributed by atoms with E-state index >= 15 is 0 Å². The highest BCUT2D eigenvalue weighted by molar-refractivity contribution is 5.91. The number of methoxy groups -OCH3 is 1. The van der Waals surface area contributed by atoms with Gasteiger partial charge < -0.3 is 9.64 Å². The number of nitrogens with zero attached hydrogens (tertiary/aromatic N) is 2. The van der Waals surface area contributed by atoms with E-state index in [4.69, 9.17) is 4.74 Å². The minimum absolute atomic E-state index is 0.258. The molecule has 2 fully saturated rings. The van der Waals surface area contributed by atoms with Crippen LogP contribution in [0.3, 0.4) is 0 Å². The van der Waals surface area contributed by atoms with Crippen molar-refractivity contribution in [1.29, 1.82) is 0 Å². The number of carbonyl (C=O) groups is 1. The molecule has 2 aliphatic rings. The van der Waals surface area contributed by atoms with E-state index in [1.165, 1.54) is 0 Å². The third-order valence-electron chi connectivity index (χ3n) is 5.13. The van der Waals surface area contributed by atoms with E-state index in [1.807, 2.05) is 24.3 Å². The number of hydrogen-bond acceptors (Lipinski definition) is 3. The molecule has 1 amide bonds. The predicted octanol–water partition coefficient (Wildman–Crippen LogP) is 2.28. The summed E-state index contributed by atoms with van der Waals surface area (Å²) in [4.78, 5) is 17.5. The summed E-state index contributed by atoms with van der Waals surface area (Å²) in [6.07, 6.45) is 1.95. The third-order valence-corrected chi connectivity index (χ3v) is 5.13. The summed E-state index contributed by atoms with van der Waals surface area (Å²) in [6, 6.07) is 8.58. The summed E-state index contributed by atoms with van der Waals surface area (Å²) in [6.45, 7) is 8.13. The number of rotatable bonds is 4. The van der Waals surface area contributed by atoms with E-state index in [0.717, 1.165) is 50.3 Å². The lowest BCUT2D eigenvalue weighted by molar-refractivity contribution is -0.136. The van der Waals surface area contributed by atoms with Crippen molar-refractivity contribution >= 4 is 5.91 Å². The van der Waals surface area contributed by atoms with Crippen molar-refractivity contribution in [1.82, 2.24) is 9.80 Å². The Morgan fingerprint density at radius 2 is 1.68 bits per heavy atom. The lowest BCUT2D eigenvalue weighted by Gasteiger charge is -2.38. The fourth-order valence-electron chi connectivity index (χ4n) is 3.41. The first kappa shape index (κ1) is 15.3. The van der Waals surface area contributed by atoms with Crippen LogP contribution in [0.25, 0.3) is 0 Å². The van der Waals surface area contributed by atoms with Gasteiger partial charge in [0.25, 0.3) is 0 Å². The first-order valence-corrected chi connectivity index (χ1v) is 8.25. The standard InChI is InChI=1S/C18H26N2O2/c1-14(2)19-10-12-20(13-11-19)17(21)18(8-9-18)15-4-6-16(22-3)7-5-15/h4-7,14H,8-13H2,1-3H3. The van der Waals surface area contributed by atoms with Gasteiger partial charge in [-0.05, 0) is 44.4 Å². The molecular weight excluding hydrogens is 276 g/mol. The molecule has 1 saturated heterocycles. The normalized spacial score (nSPS) is 21.0. The predicted molar refractivity (Wildman–Crippen MR) is 87.2 cm³/mol. The minimum Gasteiger partial charge on any atom is -0.497 e. The zero-order valence-corrected chi connectivity index (χ0v) is 13.8. The molecule has 0 N–H and O–H groups in total. The average molecular weight is 302 g/mol. The van der Waals surface area contributed by atoms with E-state index < -0.39 is 0 Å². The first-order valence-electron chi connectivity index (χ1n) is 8.25. The molecule has 22 heavy (non-hydrogen) atoms. The van der Waals surface area contributed by atoms with Gasteiger partial charge in [0.05, 0.1) is 12.5 Å². The van der Waals surface area contributed by atoms with E-state index in [0.29, 0.717) is 11.9 Å². The number of carbonyl (C=O) groups excluding carboxylic acids is 1. The highest BCUT2D eigenvalue weighted by Crippen LogP contribution is 2.50. The van der Waals surface area contributed by atoms with Gasteiger partial charge in [-0.15, -0.1) is 0 Å². The summed E-state index contributed by atoms with van der Waals surface area (Å²) >= 11 is 0. The fraction of sp³-hybridized carbons (Fsp3) is 0.611. The van der Waals surface area contributed by atoms with Crippen molar-refractivity contribution in [2.45, 2.75) is 38.1 Å². The number of benzene rings is 1. The Hall–Kier alpha value is -1.55. The Morgan fingerprint density at radius 3 is 2.14 bits per heavy atom. The van der Waals surface area contributed by atoms with Crippen LogP contribution in [0.2, 0.25) is 0 Å². The smallest absolute Gasteiger partial charge is 0.233 e. The molecule has 0 spiro atoms. The Balaban J connectivity index is 1.69. The van der Waals surface area contributed by atoms with E-state index in [-0.39, 0.29) is 5.41 Å². The third kappa shape index (κ3) is 2.72. The van der Waals surface area contributed by atoms with Crippen LogP contribution >= 0.6 is 0 Å². The molecule has 0 atom stereocenters. The Morgan fingerprint density at radius 1 is 1.09 bits per heavy atom. The highest BCUT2D eigenvalue weighted by atomic mass is 16.5. The summed E-state index contributed by atoms with van der Waals surface area (Å²) in [5.41, 5.74) is 0.885. The van der Waals surface area contributed by atoms with Crippen LogP contribution in [0.5, 0.6) is 5.75 Å². The molecule has 1 saturated carbocycles. The maximum absolute atomic E-state index is 13.0. The average Bonchev–Trinajstić information content (AvgIpc) is 3.36. The van der Waals surface area contributed by atoms with Gasteiger partial charge in [-0.1, -0.05) is 12.1 Å². The van der Waals surface area contributed by atoms with Crippen LogP contribution < -0.4 is 4.74 Å². The van der Waals surface area contributed by atoms with E-state index in [1.54, 1.807) is 7.11 Å². The molecule has 0 radical (unpaired) electrons. The second-order valence-electron chi connectivity index (χ2n) is 6.73. The van der Waals surface area contributed by atoms with Crippen molar-refractivity contribution in [2.75, 3.05) is 33.3 Å². The molecule has 1 aliphatic heterocycles. The molecule has 3 rings (SSSR count). The van der Waals surface area contributed by atoms with Crippen LogP contribution in [-0.2, 0) is 10.2 Å². The number of piperazine rings is 1. The lowest BCUT2D eigenvalue weighted by Crippen LogP contribution is -2.53. The molecule has 0 unspecified atom stereocenters. The van der Waals surface area contributed by atoms with Crippen LogP contribution in [0, 0.1) is 0 Å². The Labute approximate surface area is 133 Å². The Kier molecular flexibility index (Phi) is 4.13. The summed E-state index contributed by atoms with van der Waals surface area (Å²) < 4.78 is 5.21. The van der Waals surface area contributed by atoms with Crippen molar-refractivity contribution in [3.05, 3.63) is 29.8 Å². The van der Waals surface area contributed by atoms with Crippen molar-refractivity contribution in [3.63, 3.8) is 0 Å². The topological polar surface area (TPSA) is 32.8 Å². The van der Waals surface area contributed by atoms with Crippen LogP contribution in [0.15, 0.2) is 24.3 Å². The van der Waals surface area contributed by atoms with Crippen molar-refractivity contribution in [3.8, 4) is 5.75 Å². The molecular formula is C18H26N2O2. The van der Waals surface area contributed by atoms with E-state index in [9.17, 15) is 4.79 Å². The molecule has 4 nitrogen and oxygen atoms in total. The molecule has 1 heterocycles. The molecule has 0 bridgehead atoms. The maximum atomic E-state index is 13.0. The van der Waals surface area contributed by atoms with Crippen LogP contribution in [0.4, 0.5) is 0 Å². The quantitative estimate of drug-likeness (QED) is 0.855. The van der Waals surface area contributed by atoms with Gasteiger partial charge in [0, 0.05) is 32.2 Å². The molecule has 0 aromatic heterocycles. The monoisotopic (exact) mass is 302 g/mol. The Bertz CT molecular complexity index is 527. The van der Waals surface area contributed by atoms with Gasteiger partial charge in [-0.3, -0.25) is 9.69 Å². The van der Waals surface area contributed by atoms with Crippen LogP contribution in [0.1, 0.15) is 32.3 Å². The zero-order valence-electron chi connectivity index (χ0n) is 13.8. The largest absolute Gasteiger partial charge is 0.497 e. The zero-order chi connectivity index (χ0) is 15.7. The highest BCUT2D eigenvalue weighted by Gasteiger charge is 2.53. The van der Waals surface area contributed by atoms with Gasteiger partial charge in [-0.2, -0.15) is 0 Å². The SMILES string of the molecule is COc1ccc(C2(C(=O)N3CCN(C(C)C)CC3)CC2)cc1. The van der Waals surface area contributed by atoms with Crippen molar-refractivity contribution < 1.29 is 9.53 Å². The minimum atomic E-state index is -0.258. The van der Waals surface area contributed by atoms with Gasteiger partial charge in [-0.25, -0.2) is 0 Å². The fourth-order valence-corrected chi connectivity index (χ4v) is 3.41. The number of hydrogen-bond donors (Lipinski definition) is 0. The number of ether oxygens (including phenoxy) is 1. The molecule has 120 valence electrons. The molecule has 1 aliphatic carbocycles. The summed E-state index contributed by atoms with van der Waals surface area (Å²) in [7, 11) is 1.67. The molecule has 1 aromatic rings. The van der Waals surface area contributed by atoms with Gasteiger partial charge in [0.15, 0.2) is 0 Å². The van der Waals surface area contributed by atoms with Gasteiger partial charge >= 0.3 is 0 Å². The maximum Gasteiger partial charge on any atom is 0.233 e. The number of amides is 1. The van der Waals surface area contributed by atoms with Gasteiger partial charge in [0.1, 0.15) is 5.75 Å². The van der Waals surface area contributed by atoms with Gasteiger partial charge in [0.2, 0.25) is 5.91 Å². The first-order chi connectivity index (χ1) is 10.6. The molecule has 1 aromatic carbocycles. The van der Waals surface area contributed by atoms with Crippen molar-refractivity contribution in [2.24, 2.45) is 0 Å². The van der Waals surface area contributed by atoms with Crippen LogP contribution in [-0.4, -0.2) is 55.0 Å².